The number of rotatable bonds is 6. The van der Waals surface area contributed by atoms with Crippen LogP contribution >= 0.6 is 0 Å². The third kappa shape index (κ3) is 4.77. The van der Waals surface area contributed by atoms with E-state index in [0.29, 0.717) is 17.7 Å². The zero-order valence-corrected chi connectivity index (χ0v) is 20.2. The van der Waals surface area contributed by atoms with E-state index in [2.05, 4.69) is 12.2 Å². The molecule has 0 bridgehead atoms. The summed E-state index contributed by atoms with van der Waals surface area (Å²) < 4.78 is 48.7. The third-order valence-corrected chi connectivity index (χ3v) is 8.06. The summed E-state index contributed by atoms with van der Waals surface area (Å²) in [5.41, 5.74) is -0.407. The molecule has 2 aromatic carbocycles. The van der Waals surface area contributed by atoms with Gasteiger partial charge in [-0.1, -0.05) is 39.0 Å². The van der Waals surface area contributed by atoms with Crippen LogP contribution in [0.25, 0.3) is 10.8 Å². The van der Waals surface area contributed by atoms with Crippen LogP contribution in [0.1, 0.15) is 77.0 Å². The summed E-state index contributed by atoms with van der Waals surface area (Å²) in [7, 11) is 0. The van der Waals surface area contributed by atoms with Crippen molar-refractivity contribution in [1.29, 1.82) is 0 Å². The third-order valence-electron chi connectivity index (χ3n) is 8.06. The number of carbonyl (C=O) groups is 1. The minimum absolute atomic E-state index is 0.0234. The summed E-state index contributed by atoms with van der Waals surface area (Å²) in [6.07, 6.45) is -0.761. The molecule has 0 saturated heterocycles. The molecule has 0 aliphatic heterocycles. The highest BCUT2D eigenvalue weighted by Gasteiger charge is 2.52. The lowest BCUT2D eigenvalue weighted by Gasteiger charge is -2.51. The highest BCUT2D eigenvalue weighted by molar-refractivity contribution is 5.89. The predicted molar refractivity (Wildman–Crippen MR) is 126 cm³/mol. The topological polar surface area (TPSA) is 58.6 Å². The molecule has 7 heteroatoms. The monoisotopic (exact) mass is 477 g/mol. The average molecular weight is 478 g/mol. The lowest BCUT2D eigenvalue weighted by Crippen LogP contribution is -2.59. The smallest absolute Gasteiger partial charge is 0.420 e. The van der Waals surface area contributed by atoms with Crippen molar-refractivity contribution in [3.8, 4) is 5.75 Å². The Morgan fingerprint density at radius 2 is 1.79 bits per heavy atom. The van der Waals surface area contributed by atoms with Crippen LogP contribution in [0, 0.1) is 17.3 Å². The van der Waals surface area contributed by atoms with Crippen molar-refractivity contribution in [2.45, 2.75) is 84.2 Å². The van der Waals surface area contributed by atoms with Crippen molar-refractivity contribution < 1.29 is 27.8 Å². The molecule has 3 atom stereocenters. The molecule has 0 amide bonds. The lowest BCUT2D eigenvalue weighted by molar-refractivity contribution is -0.155. The number of halogens is 3. The Morgan fingerprint density at radius 3 is 2.38 bits per heavy atom. The van der Waals surface area contributed by atoms with E-state index in [4.69, 9.17) is 4.74 Å². The molecule has 34 heavy (non-hydrogen) atoms. The van der Waals surface area contributed by atoms with Crippen LogP contribution in [0.4, 0.5) is 13.2 Å². The number of benzene rings is 2. The second-order valence-electron chi connectivity index (χ2n) is 10.8. The van der Waals surface area contributed by atoms with Crippen LogP contribution < -0.4 is 10.1 Å². The minimum atomic E-state index is -4.54. The summed E-state index contributed by atoms with van der Waals surface area (Å²) in [5, 5.41) is 13.5. The number of carboxylic acids is 1. The van der Waals surface area contributed by atoms with Crippen molar-refractivity contribution >= 4 is 16.7 Å². The van der Waals surface area contributed by atoms with Gasteiger partial charge in [-0.2, -0.15) is 13.2 Å². The van der Waals surface area contributed by atoms with Gasteiger partial charge in [0.1, 0.15) is 11.3 Å². The molecule has 2 aliphatic carbocycles. The van der Waals surface area contributed by atoms with Crippen LogP contribution in [0.5, 0.6) is 5.75 Å². The molecule has 4 nitrogen and oxygen atoms in total. The maximum absolute atomic E-state index is 14.3. The number of fused-ring (bicyclic) bond motifs is 1. The van der Waals surface area contributed by atoms with Gasteiger partial charge in [0.2, 0.25) is 0 Å². The number of carboxylic acid groups (broad SMARTS) is 1. The highest BCUT2D eigenvalue weighted by atomic mass is 19.4. The molecule has 3 unspecified atom stereocenters. The van der Waals surface area contributed by atoms with Gasteiger partial charge < -0.3 is 15.2 Å². The predicted octanol–water partition coefficient (Wildman–Crippen LogP) is 6.97. The van der Waals surface area contributed by atoms with Crippen LogP contribution in [0.15, 0.2) is 30.3 Å². The Labute approximate surface area is 198 Å². The minimum Gasteiger partial charge on any atom is -0.490 e. The number of nitrogens with one attached hydrogen (secondary N) is 1. The molecule has 2 fully saturated rings. The standard InChI is InChI=1S/C27H34F3NO3/c1-15-5-10-19(11-6-15)34-22-12-9-17-7-8-18(13-20(17)24(22)27(28,29)30)16(2)31-23-14-21(25(32)33)26(23,3)4/h7-9,12-13,15-16,19,21,23,31H,5-6,10-11,14H2,1-4H3,(H,32,33). The molecule has 2 N–H and O–H groups in total. The van der Waals surface area contributed by atoms with E-state index in [0.717, 1.165) is 31.2 Å². The molecule has 186 valence electrons. The quantitative estimate of drug-likeness (QED) is 0.472. The summed E-state index contributed by atoms with van der Waals surface area (Å²) in [6.45, 7) is 7.90. The first-order chi connectivity index (χ1) is 15.9. The Balaban J connectivity index is 1.62. The number of hydrogen-bond acceptors (Lipinski definition) is 3. The summed E-state index contributed by atoms with van der Waals surface area (Å²) >= 11 is 0. The number of alkyl halides is 3. The van der Waals surface area contributed by atoms with Crippen molar-refractivity contribution in [3.63, 3.8) is 0 Å². The van der Waals surface area contributed by atoms with Crippen molar-refractivity contribution in [1.82, 2.24) is 5.32 Å². The Morgan fingerprint density at radius 1 is 1.15 bits per heavy atom. The Hall–Kier alpha value is -2.28. The van der Waals surface area contributed by atoms with E-state index in [1.54, 1.807) is 18.2 Å². The summed E-state index contributed by atoms with van der Waals surface area (Å²) in [5.74, 6) is -0.743. The summed E-state index contributed by atoms with van der Waals surface area (Å²) in [6, 6.07) is 8.05. The largest absolute Gasteiger partial charge is 0.490 e. The fraction of sp³-hybridized carbons (Fsp3) is 0.593. The molecule has 2 aliphatic rings. The van der Waals surface area contributed by atoms with E-state index < -0.39 is 29.0 Å². The molecular weight excluding hydrogens is 443 g/mol. The van der Waals surface area contributed by atoms with Gasteiger partial charge in [0.05, 0.1) is 12.0 Å². The van der Waals surface area contributed by atoms with Gasteiger partial charge in [-0.15, -0.1) is 0 Å². The first-order valence-electron chi connectivity index (χ1n) is 12.2. The molecule has 2 saturated carbocycles. The number of hydrogen-bond donors (Lipinski definition) is 2. The molecular formula is C27H34F3NO3. The van der Waals surface area contributed by atoms with Crippen LogP contribution in [-0.4, -0.2) is 23.2 Å². The van der Waals surface area contributed by atoms with Gasteiger partial charge in [-0.3, -0.25) is 4.79 Å². The summed E-state index contributed by atoms with van der Waals surface area (Å²) in [4.78, 5) is 11.4. The van der Waals surface area contributed by atoms with Gasteiger partial charge in [-0.25, -0.2) is 0 Å². The molecule has 2 aromatic rings. The number of aliphatic carboxylic acids is 1. The van der Waals surface area contributed by atoms with Gasteiger partial charge in [-0.05, 0) is 78.8 Å². The fourth-order valence-electron chi connectivity index (χ4n) is 5.53. The molecule has 4 rings (SSSR count). The molecule has 0 aromatic heterocycles. The fourth-order valence-corrected chi connectivity index (χ4v) is 5.53. The van der Waals surface area contributed by atoms with E-state index in [1.165, 1.54) is 6.07 Å². The average Bonchev–Trinajstić information content (AvgIpc) is 2.76. The first kappa shape index (κ1) is 24.8. The van der Waals surface area contributed by atoms with Crippen molar-refractivity contribution in [3.05, 3.63) is 41.5 Å². The van der Waals surface area contributed by atoms with Gasteiger partial charge in [0.25, 0.3) is 0 Å². The Bertz CT molecular complexity index is 1060. The molecule has 0 radical (unpaired) electrons. The van der Waals surface area contributed by atoms with E-state index in [1.807, 2.05) is 26.8 Å². The van der Waals surface area contributed by atoms with Gasteiger partial charge >= 0.3 is 12.1 Å². The van der Waals surface area contributed by atoms with E-state index >= 15 is 0 Å². The SMILES string of the molecule is CC1CCC(Oc2ccc3ccc(C(C)NC4CC(C(=O)O)C4(C)C)cc3c2C(F)(F)F)CC1. The lowest BCUT2D eigenvalue weighted by atomic mass is 9.58. The zero-order valence-electron chi connectivity index (χ0n) is 20.2. The van der Waals surface area contributed by atoms with Crippen LogP contribution in [0.3, 0.4) is 0 Å². The van der Waals surface area contributed by atoms with E-state index in [9.17, 15) is 23.1 Å². The zero-order chi connectivity index (χ0) is 24.8. The first-order valence-corrected chi connectivity index (χ1v) is 12.2. The molecule has 0 heterocycles. The van der Waals surface area contributed by atoms with Gasteiger partial charge in [0, 0.05) is 12.1 Å². The van der Waals surface area contributed by atoms with Crippen molar-refractivity contribution in [2.75, 3.05) is 0 Å². The van der Waals surface area contributed by atoms with Crippen LogP contribution in [0.2, 0.25) is 0 Å². The van der Waals surface area contributed by atoms with E-state index in [-0.39, 0.29) is 29.3 Å². The maximum Gasteiger partial charge on any atom is 0.420 e. The maximum atomic E-state index is 14.3. The second-order valence-corrected chi connectivity index (χ2v) is 10.8. The second kappa shape index (κ2) is 9.06. The normalized spacial score (nSPS) is 27.7. The highest BCUT2D eigenvalue weighted by Crippen LogP contribution is 2.47. The van der Waals surface area contributed by atoms with Gasteiger partial charge in [0.15, 0.2) is 0 Å². The Kier molecular flexibility index (Phi) is 6.62. The molecule has 0 spiro atoms. The van der Waals surface area contributed by atoms with Crippen molar-refractivity contribution in [2.24, 2.45) is 17.3 Å². The number of ether oxygens (including phenoxy) is 1. The van der Waals surface area contributed by atoms with Crippen LogP contribution in [-0.2, 0) is 11.0 Å².